The number of benzene rings is 2. The number of halogens is 3. The Morgan fingerprint density at radius 1 is 1.19 bits per heavy atom. The van der Waals surface area contributed by atoms with Crippen molar-refractivity contribution in [2.24, 2.45) is 0 Å². The number of aromatic nitrogens is 2. The summed E-state index contributed by atoms with van der Waals surface area (Å²) in [6, 6.07) is 12.2. The third-order valence-electron chi connectivity index (χ3n) is 3.35. The molecule has 2 nitrogen and oxygen atoms in total. The fraction of sp³-hybridized carbons (Fsp3) is 0.188. The van der Waals surface area contributed by atoms with Crippen LogP contribution in [-0.2, 0) is 6.42 Å². The van der Waals surface area contributed by atoms with Crippen LogP contribution in [-0.4, -0.2) is 15.4 Å². The van der Waals surface area contributed by atoms with Crippen LogP contribution < -0.4 is 0 Å². The molecule has 0 fully saturated rings. The number of alkyl halides is 1. The second-order valence-corrected chi connectivity index (χ2v) is 6.87. The summed E-state index contributed by atoms with van der Waals surface area (Å²) in [7, 11) is 0. The van der Waals surface area contributed by atoms with Gasteiger partial charge in [-0.3, -0.25) is 4.57 Å². The van der Waals surface area contributed by atoms with Crippen molar-refractivity contribution in [2.75, 3.05) is 5.88 Å². The Labute approximate surface area is 147 Å². The predicted molar refractivity (Wildman–Crippen MR) is 98.0 cm³/mol. The minimum Gasteiger partial charge on any atom is -0.295 e. The lowest BCUT2D eigenvalue weighted by Gasteiger charge is -2.11. The summed E-state index contributed by atoms with van der Waals surface area (Å²) in [5.41, 5.74) is 4.39. The van der Waals surface area contributed by atoms with Crippen LogP contribution in [0.1, 0.15) is 11.4 Å². The molecule has 108 valence electrons. The van der Waals surface area contributed by atoms with Gasteiger partial charge in [-0.1, -0.05) is 17.7 Å². The fourth-order valence-electron chi connectivity index (χ4n) is 2.42. The third kappa shape index (κ3) is 2.91. The van der Waals surface area contributed by atoms with Gasteiger partial charge in [0, 0.05) is 20.9 Å². The molecule has 0 aliphatic carbocycles. The monoisotopic (exact) mass is 430 g/mol. The van der Waals surface area contributed by atoms with Crippen molar-refractivity contribution in [3.8, 4) is 5.69 Å². The van der Waals surface area contributed by atoms with Crippen LogP contribution in [0.4, 0.5) is 0 Å². The van der Waals surface area contributed by atoms with Crippen molar-refractivity contribution < 1.29 is 0 Å². The van der Waals surface area contributed by atoms with E-state index in [1.807, 2.05) is 18.2 Å². The summed E-state index contributed by atoms with van der Waals surface area (Å²) >= 11 is 14.3. The molecular formula is C16H13Cl2IN2. The van der Waals surface area contributed by atoms with Gasteiger partial charge >= 0.3 is 0 Å². The van der Waals surface area contributed by atoms with Crippen molar-refractivity contribution in [1.29, 1.82) is 0 Å². The molecule has 21 heavy (non-hydrogen) atoms. The van der Waals surface area contributed by atoms with Gasteiger partial charge in [0.05, 0.1) is 16.7 Å². The highest BCUT2D eigenvalue weighted by atomic mass is 127. The molecule has 0 N–H and O–H groups in total. The van der Waals surface area contributed by atoms with E-state index in [9.17, 15) is 0 Å². The van der Waals surface area contributed by atoms with E-state index < -0.39 is 0 Å². The molecule has 0 radical (unpaired) electrons. The highest BCUT2D eigenvalue weighted by Crippen LogP contribution is 2.28. The molecular weight excluding hydrogens is 418 g/mol. The van der Waals surface area contributed by atoms with Crippen LogP contribution >= 0.6 is 45.8 Å². The zero-order valence-corrected chi connectivity index (χ0v) is 15.1. The van der Waals surface area contributed by atoms with Gasteiger partial charge < -0.3 is 0 Å². The zero-order chi connectivity index (χ0) is 15.0. The lowest BCUT2D eigenvalue weighted by Crippen LogP contribution is -2.04. The minimum absolute atomic E-state index is 0.548. The van der Waals surface area contributed by atoms with Gasteiger partial charge in [-0.15, -0.1) is 11.6 Å². The first-order valence-corrected chi connectivity index (χ1v) is 8.58. The molecule has 0 unspecified atom stereocenters. The van der Waals surface area contributed by atoms with Gasteiger partial charge in [-0.2, -0.15) is 0 Å². The largest absolute Gasteiger partial charge is 0.295 e. The highest BCUT2D eigenvalue weighted by molar-refractivity contribution is 14.1. The summed E-state index contributed by atoms with van der Waals surface area (Å²) in [6.07, 6.45) is 0.730. The second kappa shape index (κ2) is 6.15. The highest BCUT2D eigenvalue weighted by Gasteiger charge is 2.14. The molecule has 1 aromatic heterocycles. The van der Waals surface area contributed by atoms with Crippen molar-refractivity contribution in [3.05, 3.63) is 56.4 Å². The maximum Gasteiger partial charge on any atom is 0.115 e. The van der Waals surface area contributed by atoms with Crippen LogP contribution in [0.25, 0.3) is 16.7 Å². The second-order valence-electron chi connectivity index (χ2n) is 4.89. The van der Waals surface area contributed by atoms with Crippen LogP contribution in [0.2, 0.25) is 5.02 Å². The molecule has 0 atom stereocenters. The maximum absolute atomic E-state index is 6.07. The number of nitrogens with zero attached hydrogens (tertiary/aromatic N) is 2. The number of hydrogen-bond acceptors (Lipinski definition) is 1. The molecule has 0 bridgehead atoms. The molecule has 1 heterocycles. The summed E-state index contributed by atoms with van der Waals surface area (Å²) in [5, 5.41) is 0.738. The Hall–Kier alpha value is -0.780. The predicted octanol–water partition coefficient (Wildman–Crippen LogP) is 5.37. The van der Waals surface area contributed by atoms with Gasteiger partial charge in [-0.25, -0.2) is 4.98 Å². The van der Waals surface area contributed by atoms with E-state index in [1.165, 1.54) is 5.56 Å². The van der Waals surface area contributed by atoms with E-state index in [2.05, 4.69) is 52.3 Å². The molecule has 0 aliphatic rings. The molecule has 3 rings (SSSR count). The van der Waals surface area contributed by atoms with E-state index in [0.717, 1.165) is 37.6 Å². The van der Waals surface area contributed by atoms with Crippen molar-refractivity contribution >= 4 is 56.8 Å². The summed E-state index contributed by atoms with van der Waals surface area (Å²) < 4.78 is 3.27. The van der Waals surface area contributed by atoms with Gasteiger partial charge in [0.25, 0.3) is 0 Å². The zero-order valence-electron chi connectivity index (χ0n) is 11.4. The maximum atomic E-state index is 6.07. The van der Waals surface area contributed by atoms with Gasteiger partial charge in [-0.05, 0) is 65.4 Å². The lowest BCUT2D eigenvalue weighted by molar-refractivity contribution is 0.909. The quantitative estimate of drug-likeness (QED) is 0.403. The molecule has 0 spiro atoms. The number of fused-ring (bicyclic) bond motifs is 1. The number of hydrogen-bond donors (Lipinski definition) is 0. The van der Waals surface area contributed by atoms with E-state index in [4.69, 9.17) is 28.2 Å². The number of aryl methyl sites for hydroxylation is 2. The first kappa shape index (κ1) is 15.1. The third-order valence-corrected chi connectivity index (χ3v) is 4.64. The topological polar surface area (TPSA) is 17.8 Å². The summed E-state index contributed by atoms with van der Waals surface area (Å²) in [5.74, 6) is 1.53. The van der Waals surface area contributed by atoms with Crippen LogP contribution in [0, 0.1) is 10.5 Å². The van der Waals surface area contributed by atoms with Crippen molar-refractivity contribution in [3.63, 3.8) is 0 Å². The molecule has 0 saturated carbocycles. The smallest absolute Gasteiger partial charge is 0.115 e. The van der Waals surface area contributed by atoms with E-state index in [-0.39, 0.29) is 0 Å². The minimum atomic E-state index is 0.548. The van der Waals surface area contributed by atoms with Gasteiger partial charge in [0.15, 0.2) is 0 Å². The molecule has 0 saturated heterocycles. The molecule has 0 aliphatic heterocycles. The average molecular weight is 431 g/mol. The van der Waals surface area contributed by atoms with Crippen molar-refractivity contribution in [2.45, 2.75) is 13.3 Å². The van der Waals surface area contributed by atoms with Crippen molar-refractivity contribution in [1.82, 2.24) is 9.55 Å². The number of rotatable bonds is 3. The van der Waals surface area contributed by atoms with Gasteiger partial charge in [0.2, 0.25) is 0 Å². The number of imidazole rings is 1. The summed E-state index contributed by atoms with van der Waals surface area (Å²) in [4.78, 5) is 4.75. The summed E-state index contributed by atoms with van der Waals surface area (Å²) in [6.45, 7) is 2.08. The Balaban J connectivity index is 2.30. The lowest BCUT2D eigenvalue weighted by atomic mass is 10.2. The van der Waals surface area contributed by atoms with E-state index in [1.54, 1.807) is 0 Å². The first-order chi connectivity index (χ1) is 10.1. The van der Waals surface area contributed by atoms with Crippen LogP contribution in [0.15, 0.2) is 36.4 Å². The Morgan fingerprint density at radius 2 is 2.00 bits per heavy atom. The normalized spacial score (nSPS) is 11.2. The Morgan fingerprint density at radius 3 is 2.71 bits per heavy atom. The first-order valence-electron chi connectivity index (χ1n) is 6.59. The Bertz CT molecular complexity index is 811. The molecule has 2 aromatic carbocycles. The fourth-order valence-corrected chi connectivity index (χ4v) is 3.71. The molecule has 0 amide bonds. The molecule has 5 heteroatoms. The van der Waals surface area contributed by atoms with Crippen LogP contribution in [0.5, 0.6) is 0 Å². The Kier molecular flexibility index (Phi) is 4.43. The van der Waals surface area contributed by atoms with E-state index >= 15 is 0 Å². The van der Waals surface area contributed by atoms with E-state index in [0.29, 0.717) is 5.88 Å². The standard InChI is InChI=1S/C16H13Cl2IN2/c1-10-2-4-15-13(8-10)20-16(6-7-17)21(15)14-5-3-11(18)9-12(14)19/h2-5,8-9H,6-7H2,1H3. The van der Waals surface area contributed by atoms with Crippen LogP contribution in [0.3, 0.4) is 0 Å². The molecule has 3 aromatic rings. The SMILES string of the molecule is Cc1ccc2c(c1)nc(CCCl)n2-c1ccc(Cl)cc1I. The van der Waals surface area contributed by atoms with Gasteiger partial charge in [0.1, 0.15) is 5.82 Å². The average Bonchev–Trinajstić information content (AvgIpc) is 2.76.